The Bertz CT molecular complexity index is 224. The average molecular weight is 191 g/mol. The van der Waals surface area contributed by atoms with Gasteiger partial charge in [0, 0.05) is 11.8 Å². The van der Waals surface area contributed by atoms with Gasteiger partial charge in [-0.3, -0.25) is 0 Å². The summed E-state index contributed by atoms with van der Waals surface area (Å²) in [5.74, 6) is 0. The van der Waals surface area contributed by atoms with Gasteiger partial charge < -0.3 is 0 Å². The quantitative estimate of drug-likeness (QED) is 0.685. The maximum absolute atomic E-state index is 5.95. The molecule has 0 aliphatic heterocycles. The topological polar surface area (TPSA) is 25.8 Å². The molecule has 0 spiro atoms. The fourth-order valence-corrected chi connectivity index (χ4v) is 1.78. The summed E-state index contributed by atoms with van der Waals surface area (Å²) in [6, 6.07) is 0. The molecule has 1 atom stereocenters. The highest BCUT2D eigenvalue weighted by atomic mass is 35.5. The average Bonchev–Trinajstić information content (AvgIpc) is 2.35. The lowest BCUT2D eigenvalue weighted by Crippen LogP contribution is -2.00. The highest BCUT2D eigenvalue weighted by Gasteiger charge is 2.06. The summed E-state index contributed by atoms with van der Waals surface area (Å²) in [7, 11) is 0. The first-order valence-electron chi connectivity index (χ1n) is 3.65. The first-order valence-corrected chi connectivity index (χ1v) is 4.90. The van der Waals surface area contributed by atoms with Gasteiger partial charge in [-0.2, -0.15) is 0 Å². The van der Waals surface area contributed by atoms with E-state index < -0.39 is 0 Å². The number of hydrogen-bond acceptors (Lipinski definition) is 3. The normalized spacial score (nSPS) is 13.4. The van der Waals surface area contributed by atoms with Gasteiger partial charge >= 0.3 is 0 Å². The third-order valence-corrected chi connectivity index (χ3v) is 2.73. The van der Waals surface area contributed by atoms with Crippen molar-refractivity contribution in [3.63, 3.8) is 0 Å². The minimum atomic E-state index is 0.211. The summed E-state index contributed by atoms with van der Waals surface area (Å²) in [6.07, 6.45) is 1.84. The van der Waals surface area contributed by atoms with Crippen LogP contribution in [-0.4, -0.2) is 15.6 Å². The second-order valence-electron chi connectivity index (χ2n) is 2.42. The van der Waals surface area contributed by atoms with Crippen LogP contribution < -0.4 is 0 Å². The van der Waals surface area contributed by atoms with Crippen LogP contribution >= 0.6 is 22.9 Å². The zero-order valence-corrected chi connectivity index (χ0v) is 8.24. The maximum Gasteiger partial charge on any atom is 0.118 e. The zero-order chi connectivity index (χ0) is 8.27. The molecule has 2 nitrogen and oxygen atoms in total. The van der Waals surface area contributed by atoms with Crippen LogP contribution in [0.1, 0.15) is 23.4 Å². The van der Waals surface area contributed by atoms with E-state index in [4.69, 9.17) is 11.6 Å². The Balaban J connectivity index is 2.50. The van der Waals surface area contributed by atoms with Gasteiger partial charge in [0.15, 0.2) is 0 Å². The van der Waals surface area contributed by atoms with E-state index in [1.165, 1.54) is 0 Å². The molecule has 0 radical (unpaired) electrons. The number of nitrogens with zero attached hydrogens (tertiary/aromatic N) is 2. The Kier molecular flexibility index (Phi) is 3.27. The third kappa shape index (κ3) is 2.75. The number of aryl methyl sites for hydroxylation is 1. The number of halogens is 1. The van der Waals surface area contributed by atoms with Crippen molar-refractivity contribution in [2.45, 2.75) is 32.1 Å². The second-order valence-corrected chi connectivity index (χ2v) is 4.31. The number of aromatic nitrogens is 2. The molecule has 0 bridgehead atoms. The molecule has 1 aromatic heterocycles. The van der Waals surface area contributed by atoms with Crippen LogP contribution in [-0.2, 0) is 6.42 Å². The van der Waals surface area contributed by atoms with Gasteiger partial charge in [-0.1, -0.05) is 6.92 Å². The third-order valence-electron chi connectivity index (χ3n) is 1.41. The minimum absolute atomic E-state index is 0.211. The summed E-state index contributed by atoms with van der Waals surface area (Å²) in [6.45, 7) is 4.03. The van der Waals surface area contributed by atoms with Crippen LogP contribution in [0.2, 0.25) is 0 Å². The summed E-state index contributed by atoms with van der Waals surface area (Å²) >= 11 is 7.57. The fourth-order valence-electron chi connectivity index (χ4n) is 0.754. The molecule has 1 aromatic rings. The molecular weight excluding hydrogens is 180 g/mol. The van der Waals surface area contributed by atoms with Crippen molar-refractivity contribution >= 4 is 22.9 Å². The Hall–Kier alpha value is -0.150. The molecule has 11 heavy (non-hydrogen) atoms. The van der Waals surface area contributed by atoms with Gasteiger partial charge in [0.25, 0.3) is 0 Å². The van der Waals surface area contributed by atoms with Gasteiger partial charge in [0.2, 0.25) is 0 Å². The van der Waals surface area contributed by atoms with E-state index in [0.29, 0.717) is 0 Å². The first kappa shape index (κ1) is 8.94. The largest absolute Gasteiger partial charge is 0.144 e. The summed E-state index contributed by atoms with van der Waals surface area (Å²) in [5, 5.41) is 10.2. The monoisotopic (exact) mass is 190 g/mol. The van der Waals surface area contributed by atoms with Gasteiger partial charge in [0.05, 0.1) is 0 Å². The van der Waals surface area contributed by atoms with E-state index in [-0.39, 0.29) is 5.38 Å². The molecule has 0 fully saturated rings. The number of rotatable bonds is 3. The summed E-state index contributed by atoms with van der Waals surface area (Å²) in [5.41, 5.74) is 0. The van der Waals surface area contributed by atoms with E-state index in [0.717, 1.165) is 22.9 Å². The molecular formula is C7H11ClN2S. The van der Waals surface area contributed by atoms with Crippen molar-refractivity contribution < 1.29 is 0 Å². The smallest absolute Gasteiger partial charge is 0.118 e. The van der Waals surface area contributed by atoms with Crippen LogP contribution in [0.15, 0.2) is 0 Å². The highest BCUT2D eigenvalue weighted by Crippen LogP contribution is 2.14. The van der Waals surface area contributed by atoms with Crippen molar-refractivity contribution in [3.05, 3.63) is 10.0 Å². The van der Waals surface area contributed by atoms with E-state index in [1.807, 2.05) is 6.92 Å². The van der Waals surface area contributed by atoms with Gasteiger partial charge in [-0.25, -0.2) is 0 Å². The predicted octanol–water partition coefficient (Wildman–Crippen LogP) is 2.41. The molecule has 62 valence electrons. The Morgan fingerprint density at radius 2 is 2.27 bits per heavy atom. The van der Waals surface area contributed by atoms with Gasteiger partial charge in [-0.05, 0) is 13.3 Å². The SMILES string of the molecule is CCC(Cl)Cc1nnc(C)s1. The first-order chi connectivity index (χ1) is 5.22. The van der Waals surface area contributed by atoms with Gasteiger partial charge in [0.1, 0.15) is 10.0 Å². The van der Waals surface area contributed by atoms with E-state index >= 15 is 0 Å². The van der Waals surface area contributed by atoms with Crippen LogP contribution in [0.5, 0.6) is 0 Å². The van der Waals surface area contributed by atoms with Crippen molar-refractivity contribution in [1.29, 1.82) is 0 Å². The molecule has 0 N–H and O–H groups in total. The van der Waals surface area contributed by atoms with Crippen LogP contribution in [0, 0.1) is 6.92 Å². The molecule has 0 amide bonds. The molecule has 0 aliphatic rings. The molecule has 1 rings (SSSR count). The Morgan fingerprint density at radius 3 is 2.73 bits per heavy atom. The lowest BCUT2D eigenvalue weighted by molar-refractivity contribution is 0.788. The highest BCUT2D eigenvalue weighted by molar-refractivity contribution is 7.11. The molecule has 0 aliphatic carbocycles. The molecule has 0 aromatic carbocycles. The minimum Gasteiger partial charge on any atom is -0.144 e. The van der Waals surface area contributed by atoms with Crippen molar-refractivity contribution in [2.24, 2.45) is 0 Å². The van der Waals surface area contributed by atoms with Crippen LogP contribution in [0.3, 0.4) is 0 Å². The van der Waals surface area contributed by atoms with Crippen molar-refractivity contribution in [1.82, 2.24) is 10.2 Å². The second kappa shape index (κ2) is 4.02. The molecule has 0 saturated heterocycles. The van der Waals surface area contributed by atoms with Crippen LogP contribution in [0.25, 0.3) is 0 Å². The molecule has 1 unspecified atom stereocenters. The van der Waals surface area contributed by atoms with E-state index in [1.54, 1.807) is 11.3 Å². The number of hydrogen-bond donors (Lipinski definition) is 0. The van der Waals surface area contributed by atoms with Crippen molar-refractivity contribution in [3.8, 4) is 0 Å². The lowest BCUT2D eigenvalue weighted by atomic mass is 10.2. The van der Waals surface area contributed by atoms with Crippen molar-refractivity contribution in [2.75, 3.05) is 0 Å². The van der Waals surface area contributed by atoms with Gasteiger partial charge in [-0.15, -0.1) is 33.1 Å². The lowest BCUT2D eigenvalue weighted by Gasteiger charge is -2.00. The van der Waals surface area contributed by atoms with Crippen LogP contribution in [0.4, 0.5) is 0 Å². The number of alkyl halides is 1. The Labute approximate surface area is 75.6 Å². The summed E-state index contributed by atoms with van der Waals surface area (Å²) in [4.78, 5) is 0. The zero-order valence-electron chi connectivity index (χ0n) is 6.67. The standard InChI is InChI=1S/C7H11ClN2S/c1-3-6(8)4-7-10-9-5(2)11-7/h6H,3-4H2,1-2H3. The summed E-state index contributed by atoms with van der Waals surface area (Å²) < 4.78 is 0. The molecule has 1 heterocycles. The predicted molar refractivity (Wildman–Crippen MR) is 48.3 cm³/mol. The maximum atomic E-state index is 5.95. The fraction of sp³-hybridized carbons (Fsp3) is 0.714. The van der Waals surface area contributed by atoms with E-state index in [9.17, 15) is 0 Å². The molecule has 0 saturated carbocycles. The molecule has 4 heteroatoms. The Morgan fingerprint density at radius 1 is 1.55 bits per heavy atom. The van der Waals surface area contributed by atoms with E-state index in [2.05, 4.69) is 17.1 Å².